The third-order valence-electron chi connectivity index (χ3n) is 4.02. The minimum atomic E-state index is -3.92. The highest BCUT2D eigenvalue weighted by Crippen LogP contribution is 2.29. The fourth-order valence-corrected chi connectivity index (χ4v) is 3.61. The third-order valence-corrected chi connectivity index (χ3v) is 4.89. The number of nitrogens with zero attached hydrogens (tertiary/aromatic N) is 4. The van der Waals surface area contributed by atoms with Gasteiger partial charge in [0.05, 0.1) is 17.8 Å². The summed E-state index contributed by atoms with van der Waals surface area (Å²) in [6, 6.07) is 8.58. The Balaban J connectivity index is 1.91. The highest BCUT2D eigenvalue weighted by atomic mass is 32.2. The van der Waals surface area contributed by atoms with Crippen LogP contribution >= 0.6 is 0 Å². The summed E-state index contributed by atoms with van der Waals surface area (Å²) in [5, 5.41) is 13.5. The molecule has 2 heterocycles. The first-order valence-corrected chi connectivity index (χ1v) is 10.1. The lowest BCUT2D eigenvalue weighted by atomic mass is 10.1. The van der Waals surface area contributed by atoms with Gasteiger partial charge in [-0.1, -0.05) is 6.07 Å². The van der Waals surface area contributed by atoms with Crippen molar-refractivity contribution in [1.82, 2.24) is 9.62 Å². The standard InChI is InChI=1S/C18H22N6O4S/c1-11-8-9-12(28-11)10-20-16-17(23-29(26,27)22-16)21-14-7-5-6-13(15(14)25)18(19-2)24(3)4/h5-9,25H,10H2,1-4H3,(H,20,22)(H,21,23). The summed E-state index contributed by atoms with van der Waals surface area (Å²) >= 11 is 0. The maximum absolute atomic E-state index is 11.9. The first kappa shape index (κ1) is 20.4. The Labute approximate surface area is 168 Å². The number of phenolic OH excluding ortho intramolecular Hbond substituents is 1. The maximum atomic E-state index is 11.9. The Morgan fingerprint density at radius 1 is 1.31 bits per heavy atom. The van der Waals surface area contributed by atoms with Gasteiger partial charge in [0.1, 0.15) is 23.1 Å². The van der Waals surface area contributed by atoms with Crippen LogP contribution in [0, 0.1) is 6.92 Å². The van der Waals surface area contributed by atoms with Gasteiger partial charge in [0.15, 0.2) is 11.7 Å². The molecule has 0 saturated carbocycles. The molecule has 0 saturated heterocycles. The summed E-state index contributed by atoms with van der Waals surface area (Å²) in [6.07, 6.45) is 0. The van der Waals surface area contributed by atoms with E-state index in [-0.39, 0.29) is 29.7 Å². The van der Waals surface area contributed by atoms with Crippen LogP contribution in [0.25, 0.3) is 0 Å². The zero-order valence-electron chi connectivity index (χ0n) is 16.5. The van der Waals surface area contributed by atoms with Gasteiger partial charge in [0.2, 0.25) is 0 Å². The quantitative estimate of drug-likeness (QED) is 0.392. The Kier molecular flexibility index (Phi) is 5.59. The zero-order chi connectivity index (χ0) is 21.2. The van der Waals surface area contributed by atoms with E-state index in [9.17, 15) is 13.5 Å². The van der Waals surface area contributed by atoms with Gasteiger partial charge < -0.3 is 19.7 Å². The van der Waals surface area contributed by atoms with Crippen LogP contribution in [-0.4, -0.2) is 57.1 Å². The van der Waals surface area contributed by atoms with E-state index in [4.69, 9.17) is 4.42 Å². The molecule has 10 nitrogen and oxygen atoms in total. The molecule has 0 aliphatic carbocycles. The topological polar surface area (TPSA) is 132 Å². The van der Waals surface area contributed by atoms with Crippen molar-refractivity contribution in [3.8, 4) is 5.75 Å². The first-order valence-electron chi connectivity index (χ1n) is 8.66. The van der Waals surface area contributed by atoms with Gasteiger partial charge in [-0.25, -0.2) is 4.72 Å². The second kappa shape index (κ2) is 7.95. The lowest BCUT2D eigenvalue weighted by molar-refractivity contribution is 0.474. The van der Waals surface area contributed by atoms with Gasteiger partial charge in [0, 0.05) is 21.1 Å². The predicted octanol–water partition coefficient (Wildman–Crippen LogP) is 1.49. The van der Waals surface area contributed by atoms with E-state index in [2.05, 4.69) is 24.4 Å². The fraction of sp³-hybridized carbons (Fsp3) is 0.278. The number of para-hydroxylation sites is 1. The minimum Gasteiger partial charge on any atom is -0.505 e. The van der Waals surface area contributed by atoms with Crippen molar-refractivity contribution in [1.29, 1.82) is 0 Å². The summed E-state index contributed by atoms with van der Waals surface area (Å²) in [4.78, 5) is 10.2. The van der Waals surface area contributed by atoms with Crippen molar-refractivity contribution in [3.05, 3.63) is 47.4 Å². The second-order valence-corrected chi connectivity index (χ2v) is 7.80. The van der Waals surface area contributed by atoms with Crippen LogP contribution in [0.2, 0.25) is 0 Å². The van der Waals surface area contributed by atoms with Crippen molar-refractivity contribution in [2.24, 2.45) is 14.4 Å². The fourth-order valence-electron chi connectivity index (χ4n) is 2.79. The van der Waals surface area contributed by atoms with Crippen LogP contribution in [0.1, 0.15) is 17.1 Å². The normalized spacial score (nSPS) is 17.2. The van der Waals surface area contributed by atoms with E-state index in [1.807, 2.05) is 0 Å². The van der Waals surface area contributed by atoms with E-state index in [0.717, 1.165) is 5.76 Å². The van der Waals surface area contributed by atoms with Gasteiger partial charge in [-0.3, -0.25) is 9.98 Å². The number of amidine groups is 3. The highest BCUT2D eigenvalue weighted by Gasteiger charge is 2.27. The lowest BCUT2D eigenvalue weighted by Crippen LogP contribution is -2.30. The van der Waals surface area contributed by atoms with Crippen LogP contribution in [0.15, 0.2) is 49.1 Å². The Bertz CT molecular complexity index is 1120. The van der Waals surface area contributed by atoms with E-state index < -0.39 is 10.2 Å². The third kappa shape index (κ3) is 4.57. The number of rotatable bonds is 4. The van der Waals surface area contributed by atoms with Crippen LogP contribution < -0.4 is 10.0 Å². The number of furan rings is 1. The van der Waals surface area contributed by atoms with E-state index in [0.29, 0.717) is 17.2 Å². The van der Waals surface area contributed by atoms with Crippen molar-refractivity contribution >= 4 is 33.4 Å². The molecule has 0 amide bonds. The number of phenols is 1. The van der Waals surface area contributed by atoms with Crippen LogP contribution in [0.5, 0.6) is 5.75 Å². The van der Waals surface area contributed by atoms with Crippen molar-refractivity contribution < 1.29 is 17.9 Å². The van der Waals surface area contributed by atoms with Crippen molar-refractivity contribution in [3.63, 3.8) is 0 Å². The van der Waals surface area contributed by atoms with E-state index in [1.165, 1.54) is 0 Å². The number of aryl methyl sites for hydroxylation is 1. The average molecular weight is 418 g/mol. The molecular weight excluding hydrogens is 396 g/mol. The number of anilines is 1. The van der Waals surface area contributed by atoms with Crippen molar-refractivity contribution in [2.45, 2.75) is 13.5 Å². The number of aromatic hydroxyl groups is 1. The van der Waals surface area contributed by atoms with Crippen LogP contribution in [0.3, 0.4) is 0 Å². The second-order valence-electron chi connectivity index (χ2n) is 6.46. The van der Waals surface area contributed by atoms with Gasteiger partial charge >= 0.3 is 10.2 Å². The van der Waals surface area contributed by atoms with E-state index in [1.54, 1.807) is 63.3 Å². The lowest BCUT2D eigenvalue weighted by Gasteiger charge is -2.18. The highest BCUT2D eigenvalue weighted by molar-refractivity contribution is 7.89. The van der Waals surface area contributed by atoms with Gasteiger partial charge in [0.25, 0.3) is 0 Å². The number of nitrogens with one attached hydrogen (secondary N) is 2. The smallest absolute Gasteiger partial charge is 0.345 e. The zero-order valence-corrected chi connectivity index (χ0v) is 17.3. The molecule has 1 aromatic carbocycles. The molecule has 2 aromatic rings. The van der Waals surface area contributed by atoms with Gasteiger partial charge in [-0.15, -0.1) is 4.40 Å². The maximum Gasteiger partial charge on any atom is 0.345 e. The minimum absolute atomic E-state index is 0.0273. The van der Waals surface area contributed by atoms with Gasteiger partial charge in [-0.2, -0.15) is 8.42 Å². The van der Waals surface area contributed by atoms with Crippen molar-refractivity contribution in [2.75, 3.05) is 26.5 Å². The monoisotopic (exact) mass is 418 g/mol. The molecule has 0 atom stereocenters. The summed E-state index contributed by atoms with van der Waals surface area (Å²) in [5.41, 5.74) is 0.756. The average Bonchev–Trinajstić information content (AvgIpc) is 3.18. The summed E-state index contributed by atoms with van der Waals surface area (Å²) in [6.45, 7) is 1.94. The molecule has 3 rings (SSSR count). The van der Waals surface area contributed by atoms with Crippen LogP contribution in [0.4, 0.5) is 5.69 Å². The molecule has 11 heteroatoms. The molecule has 3 N–H and O–H groups in total. The number of hydrogen-bond donors (Lipinski definition) is 3. The molecule has 1 aliphatic heterocycles. The SMILES string of the molecule is CN=C(c1cccc(NC2=NS(=O)(=O)NC2=NCc2ccc(C)o2)c1O)N(C)C. The molecule has 1 aromatic heterocycles. The number of hydrogen-bond acceptors (Lipinski definition) is 7. The summed E-state index contributed by atoms with van der Waals surface area (Å²) in [7, 11) is 1.31. The molecule has 0 bridgehead atoms. The molecule has 1 aliphatic rings. The molecule has 0 fully saturated rings. The molecule has 154 valence electrons. The molecule has 29 heavy (non-hydrogen) atoms. The molecular formula is C18H22N6O4S. The number of aliphatic imine (C=N–C) groups is 2. The Morgan fingerprint density at radius 2 is 2.07 bits per heavy atom. The van der Waals surface area contributed by atoms with E-state index >= 15 is 0 Å². The Morgan fingerprint density at radius 3 is 2.69 bits per heavy atom. The molecule has 0 radical (unpaired) electrons. The Hall–Kier alpha value is -3.34. The largest absolute Gasteiger partial charge is 0.505 e. The van der Waals surface area contributed by atoms with Crippen LogP contribution in [-0.2, 0) is 16.8 Å². The summed E-state index contributed by atoms with van der Waals surface area (Å²) < 4.78 is 35.2. The predicted molar refractivity (Wildman–Crippen MR) is 112 cm³/mol. The first-order chi connectivity index (χ1) is 13.7. The number of benzene rings is 1. The molecule has 0 unspecified atom stereocenters. The molecule has 0 spiro atoms. The summed E-state index contributed by atoms with van der Waals surface area (Å²) in [5.74, 6) is 1.79. The van der Waals surface area contributed by atoms with Gasteiger partial charge in [-0.05, 0) is 31.2 Å².